The number of aryl methyl sites for hydroxylation is 1. The number of hydrogen-bond acceptors (Lipinski definition) is 3. The summed E-state index contributed by atoms with van der Waals surface area (Å²) in [5, 5.41) is 11.3. The van der Waals surface area contributed by atoms with Crippen LogP contribution in [0.3, 0.4) is 0 Å². The lowest BCUT2D eigenvalue weighted by Crippen LogP contribution is -2.38. The van der Waals surface area contributed by atoms with E-state index in [2.05, 4.69) is 5.32 Å². The van der Waals surface area contributed by atoms with Crippen molar-refractivity contribution in [3.8, 4) is 0 Å². The van der Waals surface area contributed by atoms with E-state index >= 15 is 0 Å². The highest BCUT2D eigenvalue weighted by molar-refractivity contribution is 5.81. The summed E-state index contributed by atoms with van der Waals surface area (Å²) in [6.45, 7) is 5.43. The Labute approximate surface area is 102 Å². The Hall–Kier alpha value is -1.55. The van der Waals surface area contributed by atoms with Gasteiger partial charge in [-0.15, -0.1) is 0 Å². The van der Waals surface area contributed by atoms with Gasteiger partial charge in [0.1, 0.15) is 0 Å². The van der Waals surface area contributed by atoms with Crippen LogP contribution in [0.5, 0.6) is 0 Å². The highest BCUT2D eigenvalue weighted by Crippen LogP contribution is 2.14. The van der Waals surface area contributed by atoms with Crippen LogP contribution >= 0.6 is 0 Å². The normalized spacial score (nSPS) is 10.1. The Kier molecular flexibility index (Phi) is 5.49. The van der Waals surface area contributed by atoms with Crippen LogP contribution < -0.4 is 10.2 Å². The van der Waals surface area contributed by atoms with E-state index in [-0.39, 0.29) is 12.5 Å². The molecule has 94 valence electrons. The molecule has 17 heavy (non-hydrogen) atoms. The third-order valence-corrected chi connectivity index (χ3v) is 2.55. The molecule has 0 fully saturated rings. The van der Waals surface area contributed by atoms with Crippen molar-refractivity contribution in [3.05, 3.63) is 29.8 Å². The summed E-state index contributed by atoms with van der Waals surface area (Å²) in [6, 6.07) is 8.09. The Bertz CT molecular complexity index is 349. The van der Waals surface area contributed by atoms with E-state index in [9.17, 15) is 4.79 Å². The van der Waals surface area contributed by atoms with Crippen molar-refractivity contribution < 1.29 is 9.90 Å². The van der Waals surface area contributed by atoms with Crippen molar-refractivity contribution in [1.82, 2.24) is 5.32 Å². The highest BCUT2D eigenvalue weighted by Gasteiger charge is 2.08. The number of rotatable bonds is 6. The maximum Gasteiger partial charge on any atom is 0.239 e. The molecule has 0 radical (unpaired) electrons. The standard InChI is InChI=1S/C13H20N2O2/c1-3-15(10-13(17)14-8-9-16)12-6-4-11(2)5-7-12/h4-7,16H,3,8-10H2,1-2H3,(H,14,17). The minimum Gasteiger partial charge on any atom is -0.395 e. The van der Waals surface area contributed by atoms with Crippen molar-refractivity contribution in [2.45, 2.75) is 13.8 Å². The second kappa shape index (κ2) is 6.91. The van der Waals surface area contributed by atoms with E-state index in [1.165, 1.54) is 5.56 Å². The zero-order valence-electron chi connectivity index (χ0n) is 10.4. The van der Waals surface area contributed by atoms with Gasteiger partial charge in [-0.2, -0.15) is 0 Å². The molecule has 0 atom stereocenters. The molecule has 0 saturated heterocycles. The summed E-state index contributed by atoms with van der Waals surface area (Å²) < 4.78 is 0. The number of benzene rings is 1. The molecule has 0 aliphatic carbocycles. The second-order valence-electron chi connectivity index (χ2n) is 3.92. The van der Waals surface area contributed by atoms with Crippen molar-refractivity contribution in [2.75, 3.05) is 31.1 Å². The first kappa shape index (κ1) is 13.5. The number of carbonyl (C=O) groups is 1. The van der Waals surface area contributed by atoms with Gasteiger partial charge in [0, 0.05) is 18.8 Å². The second-order valence-corrected chi connectivity index (χ2v) is 3.92. The number of likely N-dealkylation sites (N-methyl/N-ethyl adjacent to an activating group) is 1. The first-order valence-electron chi connectivity index (χ1n) is 5.86. The number of nitrogens with zero attached hydrogens (tertiary/aromatic N) is 1. The van der Waals surface area contributed by atoms with E-state index in [1.807, 2.05) is 43.0 Å². The molecule has 0 bridgehead atoms. The highest BCUT2D eigenvalue weighted by atomic mass is 16.3. The third kappa shape index (κ3) is 4.44. The van der Waals surface area contributed by atoms with Gasteiger partial charge in [-0.3, -0.25) is 4.79 Å². The van der Waals surface area contributed by atoms with Gasteiger partial charge in [-0.1, -0.05) is 17.7 Å². The molecular formula is C13H20N2O2. The maximum absolute atomic E-state index is 11.5. The van der Waals surface area contributed by atoms with Gasteiger partial charge in [0.25, 0.3) is 0 Å². The molecule has 2 N–H and O–H groups in total. The third-order valence-electron chi connectivity index (χ3n) is 2.55. The summed E-state index contributed by atoms with van der Waals surface area (Å²) >= 11 is 0. The Morgan fingerprint density at radius 2 is 2.00 bits per heavy atom. The van der Waals surface area contributed by atoms with E-state index in [4.69, 9.17) is 5.11 Å². The van der Waals surface area contributed by atoms with Gasteiger partial charge in [-0.05, 0) is 26.0 Å². The summed E-state index contributed by atoms with van der Waals surface area (Å²) in [5.41, 5.74) is 2.24. The molecule has 0 saturated carbocycles. The number of aliphatic hydroxyl groups is 1. The van der Waals surface area contributed by atoms with Gasteiger partial charge in [0.2, 0.25) is 5.91 Å². The molecule has 4 heteroatoms. The fraction of sp³-hybridized carbons (Fsp3) is 0.462. The average molecular weight is 236 g/mol. The van der Waals surface area contributed by atoms with Crippen molar-refractivity contribution >= 4 is 11.6 Å². The van der Waals surface area contributed by atoms with Crippen molar-refractivity contribution in [3.63, 3.8) is 0 Å². The molecule has 0 spiro atoms. The number of amides is 1. The lowest BCUT2D eigenvalue weighted by atomic mass is 10.2. The molecule has 1 aromatic carbocycles. The Balaban J connectivity index is 2.59. The van der Waals surface area contributed by atoms with Crippen LogP contribution in [0.4, 0.5) is 5.69 Å². The monoisotopic (exact) mass is 236 g/mol. The lowest BCUT2D eigenvalue weighted by molar-refractivity contribution is -0.119. The molecule has 0 aliphatic heterocycles. The fourth-order valence-electron chi connectivity index (χ4n) is 1.57. The molecule has 0 unspecified atom stereocenters. The van der Waals surface area contributed by atoms with Crippen molar-refractivity contribution in [2.24, 2.45) is 0 Å². The minimum atomic E-state index is -0.0681. The molecule has 0 aromatic heterocycles. The quantitative estimate of drug-likeness (QED) is 0.772. The number of anilines is 1. The van der Waals surface area contributed by atoms with Gasteiger partial charge in [-0.25, -0.2) is 0 Å². The summed E-state index contributed by atoms with van der Waals surface area (Å²) in [7, 11) is 0. The zero-order valence-corrected chi connectivity index (χ0v) is 10.4. The Morgan fingerprint density at radius 3 is 2.53 bits per heavy atom. The average Bonchev–Trinajstić information content (AvgIpc) is 2.34. The van der Waals surface area contributed by atoms with E-state index in [1.54, 1.807) is 0 Å². The summed E-state index contributed by atoms with van der Waals surface area (Å²) in [4.78, 5) is 13.5. The molecule has 4 nitrogen and oxygen atoms in total. The first-order chi connectivity index (χ1) is 8.17. The van der Waals surface area contributed by atoms with Crippen molar-refractivity contribution in [1.29, 1.82) is 0 Å². The van der Waals surface area contributed by atoms with Crippen LogP contribution in [-0.4, -0.2) is 37.3 Å². The van der Waals surface area contributed by atoms with Crippen LogP contribution in [0.15, 0.2) is 24.3 Å². The van der Waals surface area contributed by atoms with Gasteiger partial charge < -0.3 is 15.3 Å². The minimum absolute atomic E-state index is 0.0254. The van der Waals surface area contributed by atoms with Gasteiger partial charge in [0.15, 0.2) is 0 Å². The summed E-state index contributed by atoms with van der Waals surface area (Å²) in [6.07, 6.45) is 0. The van der Waals surface area contributed by atoms with Crippen LogP contribution in [-0.2, 0) is 4.79 Å². The van der Waals surface area contributed by atoms with Crippen LogP contribution in [0, 0.1) is 6.92 Å². The zero-order chi connectivity index (χ0) is 12.7. The number of aliphatic hydroxyl groups excluding tert-OH is 1. The molecule has 1 amide bonds. The van der Waals surface area contributed by atoms with Gasteiger partial charge >= 0.3 is 0 Å². The number of carbonyl (C=O) groups excluding carboxylic acids is 1. The van der Waals surface area contributed by atoms with E-state index in [0.717, 1.165) is 12.2 Å². The lowest BCUT2D eigenvalue weighted by Gasteiger charge is -2.22. The predicted octanol–water partition coefficient (Wildman–Crippen LogP) is 0.930. The molecule has 1 aromatic rings. The van der Waals surface area contributed by atoms with Crippen LogP contribution in [0.2, 0.25) is 0 Å². The summed E-state index contributed by atoms with van der Waals surface area (Å²) in [5.74, 6) is -0.0681. The molecule has 0 heterocycles. The molecular weight excluding hydrogens is 216 g/mol. The largest absolute Gasteiger partial charge is 0.395 e. The SMILES string of the molecule is CCN(CC(=O)NCCO)c1ccc(C)cc1. The topological polar surface area (TPSA) is 52.6 Å². The van der Waals surface area contributed by atoms with E-state index in [0.29, 0.717) is 13.1 Å². The predicted molar refractivity (Wildman–Crippen MR) is 69.2 cm³/mol. The maximum atomic E-state index is 11.5. The number of hydrogen-bond donors (Lipinski definition) is 2. The van der Waals surface area contributed by atoms with Gasteiger partial charge in [0.05, 0.1) is 13.2 Å². The fourth-order valence-corrected chi connectivity index (χ4v) is 1.57. The Morgan fingerprint density at radius 1 is 1.35 bits per heavy atom. The van der Waals surface area contributed by atoms with Crippen LogP contribution in [0.25, 0.3) is 0 Å². The number of nitrogens with one attached hydrogen (secondary N) is 1. The first-order valence-corrected chi connectivity index (χ1v) is 5.86. The van der Waals surface area contributed by atoms with E-state index < -0.39 is 0 Å². The molecule has 0 aliphatic rings. The van der Waals surface area contributed by atoms with Crippen LogP contribution in [0.1, 0.15) is 12.5 Å². The molecule has 1 rings (SSSR count). The smallest absolute Gasteiger partial charge is 0.239 e.